The molecule has 1 aliphatic rings. The van der Waals surface area contributed by atoms with Crippen LogP contribution in [0.4, 0.5) is 5.82 Å². The molecular weight excluding hydrogens is 548 g/mol. The predicted molar refractivity (Wildman–Crippen MR) is 168 cm³/mol. The lowest BCUT2D eigenvalue weighted by Gasteiger charge is -2.39. The molecule has 10 nitrogen and oxygen atoms in total. The minimum absolute atomic E-state index is 0.00129. The van der Waals surface area contributed by atoms with Crippen molar-refractivity contribution in [3.05, 3.63) is 48.5 Å². The second kappa shape index (κ2) is 11.7. The zero-order valence-electron chi connectivity index (χ0n) is 26.0. The number of hydrogen-bond acceptors (Lipinski definition) is 8. The summed E-state index contributed by atoms with van der Waals surface area (Å²) in [6.45, 7) is 11.9. The average molecular weight is 593 g/mol. The molecule has 0 saturated heterocycles. The van der Waals surface area contributed by atoms with E-state index < -0.39 is 8.32 Å². The number of benzene rings is 1. The fourth-order valence-corrected chi connectivity index (χ4v) is 7.00. The quantitative estimate of drug-likeness (QED) is 0.223. The summed E-state index contributed by atoms with van der Waals surface area (Å²) in [6.07, 6.45) is 7.33. The molecule has 4 aromatic rings. The van der Waals surface area contributed by atoms with Crippen molar-refractivity contribution in [2.45, 2.75) is 70.4 Å². The second-order valence-electron chi connectivity index (χ2n) is 12.8. The van der Waals surface area contributed by atoms with Crippen molar-refractivity contribution in [2.75, 3.05) is 26.1 Å². The molecule has 1 saturated carbocycles. The van der Waals surface area contributed by atoms with Crippen molar-refractivity contribution in [3.63, 3.8) is 0 Å². The van der Waals surface area contributed by atoms with Crippen molar-refractivity contribution in [1.29, 1.82) is 0 Å². The Morgan fingerprint density at radius 3 is 2.52 bits per heavy atom. The van der Waals surface area contributed by atoms with Gasteiger partial charge in [-0.25, -0.2) is 9.97 Å². The van der Waals surface area contributed by atoms with Crippen molar-refractivity contribution in [3.8, 4) is 22.8 Å². The Kier molecular flexibility index (Phi) is 8.37. The maximum absolute atomic E-state index is 10.4. The van der Waals surface area contributed by atoms with Gasteiger partial charge >= 0.3 is 0 Å². The first kappa shape index (κ1) is 30.1. The molecule has 0 spiro atoms. The van der Waals surface area contributed by atoms with Gasteiger partial charge in [0.2, 0.25) is 0 Å². The van der Waals surface area contributed by atoms with Gasteiger partial charge in [0.05, 0.1) is 31.4 Å². The third kappa shape index (κ3) is 5.77. The summed E-state index contributed by atoms with van der Waals surface area (Å²) in [6, 6.07) is 7.93. The van der Waals surface area contributed by atoms with Gasteiger partial charge in [0.1, 0.15) is 29.3 Å². The molecule has 0 radical (unpaired) electrons. The van der Waals surface area contributed by atoms with Gasteiger partial charge in [0, 0.05) is 61.7 Å². The Labute approximate surface area is 249 Å². The van der Waals surface area contributed by atoms with Gasteiger partial charge in [0.25, 0.3) is 0 Å². The molecule has 1 unspecified atom stereocenters. The van der Waals surface area contributed by atoms with Gasteiger partial charge in [-0.1, -0.05) is 20.8 Å². The molecule has 226 valence electrons. The Hall–Kier alpha value is -3.41. The first-order chi connectivity index (χ1) is 20.0. The Morgan fingerprint density at radius 1 is 1.10 bits per heavy atom. The maximum Gasteiger partial charge on any atom is 0.192 e. The Bertz CT molecular complexity index is 1540. The van der Waals surface area contributed by atoms with E-state index in [0.29, 0.717) is 6.54 Å². The fraction of sp³-hybridized carbons (Fsp3) is 0.516. The smallest absolute Gasteiger partial charge is 0.192 e. The number of rotatable bonds is 10. The van der Waals surface area contributed by atoms with Crippen LogP contribution < -0.4 is 14.8 Å². The third-order valence-electron chi connectivity index (χ3n) is 9.02. The van der Waals surface area contributed by atoms with Crippen LogP contribution in [0.15, 0.2) is 43.0 Å². The summed E-state index contributed by atoms with van der Waals surface area (Å²) in [4.78, 5) is 9.45. The number of aromatic nitrogens is 5. The normalized spacial score (nSPS) is 19.4. The average Bonchev–Trinajstić information content (AvgIpc) is 3.67. The highest BCUT2D eigenvalue weighted by molar-refractivity contribution is 6.74. The summed E-state index contributed by atoms with van der Waals surface area (Å²) < 4.78 is 21.9. The van der Waals surface area contributed by atoms with E-state index in [2.05, 4.69) is 54.9 Å². The lowest BCUT2D eigenvalue weighted by atomic mass is 10.1. The van der Waals surface area contributed by atoms with Gasteiger partial charge in [-0.3, -0.25) is 4.68 Å². The van der Waals surface area contributed by atoms with Gasteiger partial charge in [0.15, 0.2) is 8.32 Å². The van der Waals surface area contributed by atoms with E-state index in [0.717, 1.165) is 58.0 Å². The molecule has 11 heteroatoms. The van der Waals surface area contributed by atoms with Crippen LogP contribution in [0.5, 0.6) is 11.5 Å². The number of nitrogens with one attached hydrogen (secondary N) is 1. The van der Waals surface area contributed by atoms with E-state index in [9.17, 15) is 5.11 Å². The Morgan fingerprint density at radius 2 is 1.88 bits per heavy atom. The molecule has 5 rings (SSSR count). The van der Waals surface area contributed by atoms with E-state index in [1.165, 1.54) is 0 Å². The predicted octanol–water partition coefficient (Wildman–Crippen LogP) is 5.79. The number of fused-ring (bicyclic) bond motifs is 1. The fourth-order valence-electron chi connectivity index (χ4n) is 5.60. The number of aliphatic hydroxyl groups excluding tert-OH is 1. The number of aryl methyl sites for hydroxylation is 1. The molecule has 0 aliphatic heterocycles. The molecule has 3 aromatic heterocycles. The van der Waals surface area contributed by atoms with Gasteiger partial charge < -0.3 is 28.9 Å². The maximum atomic E-state index is 10.4. The highest BCUT2D eigenvalue weighted by Crippen LogP contribution is 2.45. The molecule has 1 aromatic carbocycles. The van der Waals surface area contributed by atoms with Crippen LogP contribution in [0, 0.1) is 5.92 Å². The largest absolute Gasteiger partial charge is 0.497 e. The molecule has 3 heterocycles. The summed E-state index contributed by atoms with van der Waals surface area (Å²) >= 11 is 0. The van der Waals surface area contributed by atoms with E-state index >= 15 is 0 Å². The summed E-state index contributed by atoms with van der Waals surface area (Å²) in [5, 5.41) is 19.6. The van der Waals surface area contributed by atoms with Gasteiger partial charge in [-0.05, 0) is 49.2 Å². The van der Waals surface area contributed by atoms with E-state index in [4.69, 9.17) is 24.0 Å². The van der Waals surface area contributed by atoms with Crippen LogP contribution in [0.3, 0.4) is 0 Å². The highest BCUT2D eigenvalue weighted by Gasteiger charge is 2.44. The first-order valence-electron chi connectivity index (χ1n) is 14.5. The topological polar surface area (TPSA) is 108 Å². The standard InChI is InChI=1S/C31H44N6O4Si/c1-31(2,3)42(7,8)41-27-14-22(13-21(27)18-38)37-17-24(25-11-12-36(4)35-25)28-29(33-19-34-30(28)37)32-16-20-9-10-23(39-5)15-26(20)40-6/h9-12,15,17,19,21-22,27,38H,13-14,16,18H2,1-8H3,(H,32,33,34)/t21-,22-,27?/m1/s1. The van der Waals surface area contributed by atoms with Crippen LogP contribution in [0.25, 0.3) is 22.3 Å². The number of methoxy groups -OCH3 is 2. The van der Waals surface area contributed by atoms with Crippen molar-refractivity contribution in [2.24, 2.45) is 13.0 Å². The van der Waals surface area contributed by atoms with Crippen LogP contribution in [-0.2, 0) is 18.0 Å². The first-order valence-corrected chi connectivity index (χ1v) is 17.5. The van der Waals surface area contributed by atoms with Crippen LogP contribution >= 0.6 is 0 Å². The molecule has 42 heavy (non-hydrogen) atoms. The van der Waals surface area contributed by atoms with Crippen molar-refractivity contribution < 1.29 is 19.0 Å². The van der Waals surface area contributed by atoms with E-state index in [1.54, 1.807) is 25.2 Å². The number of hydrogen-bond donors (Lipinski definition) is 2. The zero-order chi connectivity index (χ0) is 30.2. The second-order valence-corrected chi connectivity index (χ2v) is 17.5. The van der Waals surface area contributed by atoms with Crippen molar-refractivity contribution in [1.82, 2.24) is 24.3 Å². The van der Waals surface area contributed by atoms with Crippen LogP contribution in [0.1, 0.15) is 45.2 Å². The molecular formula is C31H44N6O4Si. The lowest BCUT2D eigenvalue weighted by Crippen LogP contribution is -2.45. The monoisotopic (exact) mass is 592 g/mol. The minimum Gasteiger partial charge on any atom is -0.497 e. The number of ether oxygens (including phenoxy) is 2. The summed E-state index contributed by atoms with van der Waals surface area (Å²) in [5.74, 6) is 2.27. The molecule has 0 bridgehead atoms. The molecule has 1 fully saturated rings. The molecule has 2 N–H and O–H groups in total. The Balaban J connectivity index is 1.52. The third-order valence-corrected chi connectivity index (χ3v) is 13.5. The number of aliphatic hydroxyl groups is 1. The van der Waals surface area contributed by atoms with Gasteiger partial charge in [-0.2, -0.15) is 5.10 Å². The van der Waals surface area contributed by atoms with E-state index in [1.807, 2.05) is 37.5 Å². The van der Waals surface area contributed by atoms with Gasteiger partial charge in [-0.15, -0.1) is 0 Å². The minimum atomic E-state index is -2.01. The number of anilines is 1. The summed E-state index contributed by atoms with van der Waals surface area (Å²) in [5.41, 5.74) is 3.64. The van der Waals surface area contributed by atoms with E-state index in [-0.39, 0.29) is 29.7 Å². The molecule has 0 amide bonds. The molecule has 1 aliphatic carbocycles. The molecule has 3 atom stereocenters. The zero-order valence-corrected chi connectivity index (χ0v) is 27.0. The summed E-state index contributed by atoms with van der Waals surface area (Å²) in [7, 11) is 3.21. The SMILES string of the molecule is COc1ccc(CNc2ncnc3c2c(-c2ccn(C)n2)cn3[C@H]2CC(O[Si](C)(C)C(C)(C)C)[C@@H](CO)C2)c(OC)c1. The van der Waals surface area contributed by atoms with Crippen LogP contribution in [0.2, 0.25) is 18.1 Å². The van der Waals surface area contributed by atoms with Crippen LogP contribution in [-0.4, -0.2) is 64.7 Å². The number of nitrogens with zero attached hydrogens (tertiary/aromatic N) is 5. The van der Waals surface area contributed by atoms with Crippen molar-refractivity contribution >= 4 is 25.2 Å². The highest BCUT2D eigenvalue weighted by atomic mass is 28.4. The lowest BCUT2D eigenvalue weighted by molar-refractivity contribution is 0.0979.